The first-order valence-corrected chi connectivity index (χ1v) is 10.8. The zero-order chi connectivity index (χ0) is 24.2. The van der Waals surface area contributed by atoms with Crippen LogP contribution in [-0.4, -0.2) is 41.1 Å². The van der Waals surface area contributed by atoms with Gasteiger partial charge >= 0.3 is 5.69 Å². The van der Waals surface area contributed by atoms with Crippen LogP contribution in [0.15, 0.2) is 64.2 Å². The molecule has 2 heterocycles. The van der Waals surface area contributed by atoms with Crippen LogP contribution in [0.2, 0.25) is 0 Å². The molecule has 10 heteroatoms. The number of ether oxygens (including phenoxy) is 1. The topological polar surface area (TPSA) is 140 Å². The molecule has 2 amide bonds. The molecular weight excluding hydrogens is 438 g/mol. The zero-order valence-electron chi connectivity index (χ0n) is 18.6. The largest absolute Gasteiger partial charge is 0.383 e. The van der Waals surface area contributed by atoms with Gasteiger partial charge in [-0.05, 0) is 36.6 Å². The van der Waals surface area contributed by atoms with E-state index in [1.54, 1.807) is 18.2 Å². The van der Waals surface area contributed by atoms with E-state index < -0.39 is 23.3 Å². The van der Waals surface area contributed by atoms with Crippen LogP contribution in [0.1, 0.15) is 28.8 Å². The third-order valence-electron chi connectivity index (χ3n) is 5.64. The molecule has 3 aromatic rings. The monoisotopic (exact) mass is 463 g/mol. The molecule has 1 aliphatic heterocycles. The maximum Gasteiger partial charge on any atom is 0.330 e. The highest BCUT2D eigenvalue weighted by Gasteiger charge is 2.25. The summed E-state index contributed by atoms with van der Waals surface area (Å²) < 4.78 is 6.59. The van der Waals surface area contributed by atoms with E-state index in [-0.39, 0.29) is 29.5 Å². The number of carbonyl (C=O) groups is 2. The Hall–Kier alpha value is -4.18. The van der Waals surface area contributed by atoms with E-state index in [1.807, 2.05) is 30.3 Å². The summed E-state index contributed by atoms with van der Waals surface area (Å²) in [7, 11) is 1.40. The van der Waals surface area contributed by atoms with Gasteiger partial charge in [0.2, 0.25) is 0 Å². The van der Waals surface area contributed by atoms with Crippen molar-refractivity contribution < 1.29 is 14.3 Å². The van der Waals surface area contributed by atoms with Gasteiger partial charge in [-0.1, -0.05) is 36.4 Å². The van der Waals surface area contributed by atoms with Crippen molar-refractivity contribution in [3.8, 4) is 0 Å². The Morgan fingerprint density at radius 3 is 2.65 bits per heavy atom. The summed E-state index contributed by atoms with van der Waals surface area (Å²) in [4.78, 5) is 53.8. The van der Waals surface area contributed by atoms with Gasteiger partial charge in [0.15, 0.2) is 5.69 Å². The van der Waals surface area contributed by atoms with E-state index in [0.717, 1.165) is 16.9 Å². The minimum absolute atomic E-state index is 0.127. The first kappa shape index (κ1) is 23.0. The molecule has 0 spiro atoms. The minimum Gasteiger partial charge on any atom is -0.383 e. The lowest BCUT2D eigenvalue weighted by molar-refractivity contribution is -0.124. The number of rotatable bonds is 6. The summed E-state index contributed by atoms with van der Waals surface area (Å²) in [5, 5.41) is 2.75. The molecule has 1 saturated heterocycles. The maximum absolute atomic E-state index is 13.2. The average molecular weight is 463 g/mol. The molecule has 0 saturated carbocycles. The summed E-state index contributed by atoms with van der Waals surface area (Å²) >= 11 is 0. The standard InChI is InChI=1S/C24H25N5O5/c1-28(19-20(25)29(24(33)27-22(19)31)14-15-7-3-2-4-8-15)23(32)16-9-5-10-17(13-16)26-21(30)18-11-6-12-34-18/h2-5,7-10,13,18H,6,11-12,14,25H2,1H3,(H,26,30)(H,27,31,33). The molecule has 4 rings (SSSR count). The van der Waals surface area contributed by atoms with Crippen LogP contribution in [0, 0.1) is 0 Å². The number of amides is 2. The first-order valence-electron chi connectivity index (χ1n) is 10.8. The third kappa shape index (κ3) is 4.76. The number of nitrogens with one attached hydrogen (secondary N) is 2. The quantitative estimate of drug-likeness (QED) is 0.507. The Morgan fingerprint density at radius 2 is 1.94 bits per heavy atom. The number of carbonyl (C=O) groups excluding carboxylic acids is 2. The lowest BCUT2D eigenvalue weighted by Crippen LogP contribution is -2.39. The highest BCUT2D eigenvalue weighted by molar-refractivity contribution is 6.07. The Balaban J connectivity index is 1.60. The van der Waals surface area contributed by atoms with E-state index in [4.69, 9.17) is 10.5 Å². The molecule has 1 aliphatic rings. The Kier molecular flexibility index (Phi) is 6.60. The molecule has 34 heavy (non-hydrogen) atoms. The Labute approximate surface area is 195 Å². The van der Waals surface area contributed by atoms with Gasteiger partial charge in [0.25, 0.3) is 17.4 Å². The third-order valence-corrected chi connectivity index (χ3v) is 5.64. The molecule has 4 N–H and O–H groups in total. The zero-order valence-corrected chi connectivity index (χ0v) is 18.6. The van der Waals surface area contributed by atoms with Gasteiger partial charge < -0.3 is 20.7 Å². The number of aromatic nitrogens is 2. The van der Waals surface area contributed by atoms with Gasteiger partial charge in [-0.2, -0.15) is 0 Å². The smallest absolute Gasteiger partial charge is 0.330 e. The summed E-state index contributed by atoms with van der Waals surface area (Å²) in [6.07, 6.45) is 0.962. The number of H-pyrrole nitrogens is 1. The summed E-state index contributed by atoms with van der Waals surface area (Å²) in [6, 6.07) is 15.5. The second-order valence-electron chi connectivity index (χ2n) is 8.00. The van der Waals surface area contributed by atoms with Gasteiger partial charge in [0, 0.05) is 24.9 Å². The fraction of sp³-hybridized carbons (Fsp3) is 0.250. The SMILES string of the molecule is CN(C(=O)c1cccc(NC(=O)C2CCCO2)c1)c1c(N)n(Cc2ccccc2)c(=O)[nH]c1=O. The highest BCUT2D eigenvalue weighted by Crippen LogP contribution is 2.21. The molecule has 1 unspecified atom stereocenters. The van der Waals surface area contributed by atoms with Gasteiger partial charge in [-0.3, -0.25) is 23.9 Å². The molecule has 1 atom stereocenters. The van der Waals surface area contributed by atoms with E-state index in [9.17, 15) is 19.2 Å². The maximum atomic E-state index is 13.2. The minimum atomic E-state index is -0.773. The normalized spacial score (nSPS) is 15.1. The Bertz CT molecular complexity index is 1330. The van der Waals surface area contributed by atoms with E-state index in [0.29, 0.717) is 18.7 Å². The number of aromatic amines is 1. The van der Waals surface area contributed by atoms with Crippen molar-refractivity contribution in [2.45, 2.75) is 25.5 Å². The van der Waals surface area contributed by atoms with Crippen LogP contribution in [0.5, 0.6) is 0 Å². The number of nitrogen functional groups attached to an aromatic ring is 1. The highest BCUT2D eigenvalue weighted by atomic mass is 16.5. The van der Waals surface area contributed by atoms with Gasteiger partial charge in [0.05, 0.1) is 6.54 Å². The summed E-state index contributed by atoms with van der Waals surface area (Å²) in [5.74, 6) is -0.934. The van der Waals surface area contributed by atoms with Crippen LogP contribution in [-0.2, 0) is 16.1 Å². The fourth-order valence-corrected chi connectivity index (χ4v) is 3.86. The van der Waals surface area contributed by atoms with Crippen molar-refractivity contribution in [1.82, 2.24) is 9.55 Å². The van der Waals surface area contributed by atoms with Crippen LogP contribution in [0.25, 0.3) is 0 Å². The van der Waals surface area contributed by atoms with Crippen LogP contribution >= 0.6 is 0 Å². The molecule has 2 aromatic carbocycles. The van der Waals surface area contributed by atoms with Crippen molar-refractivity contribution in [3.63, 3.8) is 0 Å². The van der Waals surface area contributed by atoms with Crippen LogP contribution in [0.3, 0.4) is 0 Å². The van der Waals surface area contributed by atoms with Gasteiger partial charge in [-0.15, -0.1) is 0 Å². The second-order valence-corrected chi connectivity index (χ2v) is 8.00. The number of benzene rings is 2. The number of hydrogen-bond acceptors (Lipinski definition) is 6. The molecule has 0 radical (unpaired) electrons. The molecule has 1 aromatic heterocycles. The van der Waals surface area contributed by atoms with Crippen LogP contribution in [0.4, 0.5) is 17.2 Å². The van der Waals surface area contributed by atoms with Crippen LogP contribution < -0.4 is 27.2 Å². The first-order chi connectivity index (χ1) is 16.3. The summed E-state index contributed by atoms with van der Waals surface area (Å²) in [5.41, 5.74) is 6.06. The number of nitrogens with zero attached hydrogens (tertiary/aromatic N) is 2. The van der Waals surface area contributed by atoms with Crippen molar-refractivity contribution in [2.24, 2.45) is 0 Å². The van der Waals surface area contributed by atoms with Crippen molar-refractivity contribution in [3.05, 3.63) is 86.6 Å². The lowest BCUT2D eigenvalue weighted by atomic mass is 10.1. The molecule has 0 aliphatic carbocycles. The molecule has 176 valence electrons. The fourth-order valence-electron chi connectivity index (χ4n) is 3.86. The number of nitrogens with two attached hydrogens (primary N) is 1. The summed E-state index contributed by atoms with van der Waals surface area (Å²) in [6.45, 7) is 0.672. The van der Waals surface area contributed by atoms with Gasteiger partial charge in [0.1, 0.15) is 11.9 Å². The lowest BCUT2D eigenvalue weighted by Gasteiger charge is -2.21. The number of anilines is 3. The predicted octanol–water partition coefficient (Wildman–Crippen LogP) is 1.56. The predicted molar refractivity (Wildman–Crippen MR) is 128 cm³/mol. The molecular formula is C24H25N5O5. The number of hydrogen-bond donors (Lipinski definition) is 3. The van der Waals surface area contributed by atoms with Crippen molar-refractivity contribution in [2.75, 3.05) is 29.6 Å². The van der Waals surface area contributed by atoms with E-state index >= 15 is 0 Å². The van der Waals surface area contributed by atoms with Gasteiger partial charge in [-0.25, -0.2) is 4.79 Å². The molecule has 10 nitrogen and oxygen atoms in total. The Morgan fingerprint density at radius 1 is 1.18 bits per heavy atom. The average Bonchev–Trinajstić information content (AvgIpc) is 3.37. The molecule has 0 bridgehead atoms. The van der Waals surface area contributed by atoms with E-state index in [2.05, 4.69) is 10.3 Å². The van der Waals surface area contributed by atoms with Crippen molar-refractivity contribution in [1.29, 1.82) is 0 Å². The van der Waals surface area contributed by atoms with E-state index in [1.165, 1.54) is 17.7 Å². The second kappa shape index (κ2) is 9.75. The van der Waals surface area contributed by atoms with Crippen molar-refractivity contribution >= 4 is 29.0 Å². The molecule has 1 fully saturated rings.